The predicted octanol–water partition coefficient (Wildman–Crippen LogP) is 23.7. The molecular formula is C90H93FNO14PS3. The molecule has 1 atom stereocenters. The summed E-state index contributed by atoms with van der Waals surface area (Å²) in [5.41, 5.74) is 13.4. The fourth-order valence-corrected chi connectivity index (χ4v) is 18.1. The van der Waals surface area contributed by atoms with Crippen LogP contribution in [-0.2, 0) is 17.4 Å². The van der Waals surface area contributed by atoms with E-state index in [1.165, 1.54) is 83.0 Å². The second-order valence-corrected chi connectivity index (χ2v) is 32.7. The van der Waals surface area contributed by atoms with Crippen LogP contribution in [0.25, 0.3) is 30.3 Å². The Morgan fingerprint density at radius 2 is 0.845 bits per heavy atom. The lowest BCUT2D eigenvalue weighted by Gasteiger charge is -2.16. The maximum absolute atomic E-state index is 13.9. The van der Waals surface area contributed by atoms with Gasteiger partial charge in [0, 0.05) is 66.6 Å². The molecule has 1 aliphatic rings. The first-order valence-electron chi connectivity index (χ1n) is 37.2. The Bertz CT molecular complexity index is 5330. The second-order valence-electron chi connectivity index (χ2n) is 28.4. The van der Waals surface area contributed by atoms with E-state index < -0.39 is 13.8 Å². The molecule has 15 nitrogen and oxygen atoms in total. The van der Waals surface area contributed by atoms with E-state index in [1.807, 2.05) is 159 Å². The number of aryl methyl sites for hydroxylation is 11. The first-order valence-corrected chi connectivity index (χ1v) is 41.1. The summed E-state index contributed by atoms with van der Waals surface area (Å²) in [4.78, 5) is 75.1. The highest BCUT2D eigenvalue weighted by Gasteiger charge is 2.30. The molecule has 12 aromatic rings. The molecule has 0 bridgehead atoms. The van der Waals surface area contributed by atoms with Crippen LogP contribution in [0.3, 0.4) is 0 Å². The van der Waals surface area contributed by atoms with Crippen molar-refractivity contribution in [3.8, 4) is 51.7 Å². The van der Waals surface area contributed by atoms with Crippen LogP contribution >= 0.6 is 41.8 Å². The number of carbonyl (C=O) groups is 4. The molecule has 572 valence electrons. The number of halogens is 1. The van der Waals surface area contributed by atoms with Gasteiger partial charge in [0.25, 0.3) is 0 Å². The molecule has 0 spiro atoms. The number of benzene rings is 9. The minimum Gasteiger partial charge on any atom is -0.508 e. The third kappa shape index (κ3) is 20.0. The Kier molecular flexibility index (Phi) is 26.8. The number of carboxylic acid groups (broad SMARTS) is 1. The van der Waals surface area contributed by atoms with Crippen molar-refractivity contribution in [2.24, 2.45) is 0 Å². The third-order valence-corrected chi connectivity index (χ3v) is 23.1. The number of carbonyl (C=O) groups excluding carboxylic acids is 3. The largest absolute Gasteiger partial charge is 0.524 e. The molecule has 0 unspecified atom stereocenters. The minimum atomic E-state index is -4.72. The number of thiophene rings is 3. The van der Waals surface area contributed by atoms with Crippen LogP contribution in [0.4, 0.5) is 4.39 Å². The van der Waals surface area contributed by atoms with E-state index in [9.17, 15) is 48.1 Å². The standard InChI is InChI=1S/C31H32FNO4S.C30H30O4S.C29H31O6PS/c1-19-15-20(2)28(21(3)16-19)29(35)31-30(26-10-5-22(34)17-27(26)38-31)37-24-8-6-23(7-9-24)36-25-11-14-33(18-25)13-4-12-32;1-5-6-7-8-21-9-12-23(13-10-21)34-28-24-14-11-22(30(32)33)17-25(24)35-29(28)27(31)26-19(3)15-18(2)16-20(26)4;1-5-6-7-8-21-9-11-22(12-10-21)34-28-24-14-13-23(35-36(31,32)33)17-25(24)37-29(28)27(30)26-19(3)15-18(2)16-20(26)4/h5-10,15-17,25,34H,4,11-14,18H2,1-3H3;9-17H,5-8H2,1-4H3,(H,32,33);9-17H,5-8H2,1-4H3,(H2,31,32,33)/t25-;;/m0../s1. The summed E-state index contributed by atoms with van der Waals surface area (Å²) in [6.07, 6.45) is 10.7. The first kappa shape index (κ1) is 81.2. The number of ether oxygens (including phenoxy) is 4. The van der Waals surface area contributed by atoms with Crippen LogP contribution in [-0.4, -0.2) is 80.6 Å². The minimum absolute atomic E-state index is 0.0201. The van der Waals surface area contributed by atoms with Crippen LogP contribution in [0.1, 0.15) is 182 Å². The zero-order chi connectivity index (χ0) is 78.7. The molecule has 0 aliphatic carbocycles. The van der Waals surface area contributed by atoms with Crippen molar-refractivity contribution in [1.29, 1.82) is 0 Å². The lowest BCUT2D eigenvalue weighted by atomic mass is 9.95. The number of unbranched alkanes of at least 4 members (excludes halogenated alkanes) is 4. The Labute approximate surface area is 654 Å². The van der Waals surface area contributed by atoms with Crippen molar-refractivity contribution < 1.29 is 71.6 Å². The van der Waals surface area contributed by atoms with Crippen molar-refractivity contribution in [2.45, 2.75) is 146 Å². The molecule has 110 heavy (non-hydrogen) atoms. The number of phenols is 1. The number of nitrogens with zero attached hydrogens (tertiary/aromatic N) is 1. The summed E-state index contributed by atoms with van der Waals surface area (Å²) < 4.78 is 55.9. The smallest absolute Gasteiger partial charge is 0.508 e. The van der Waals surface area contributed by atoms with Gasteiger partial charge in [0.2, 0.25) is 17.3 Å². The molecule has 1 aliphatic heterocycles. The van der Waals surface area contributed by atoms with Gasteiger partial charge in [-0.05, 0) is 248 Å². The number of hydrogen-bond acceptors (Lipinski definition) is 15. The van der Waals surface area contributed by atoms with Crippen LogP contribution in [0.2, 0.25) is 0 Å². The average molecular weight is 1560 g/mol. The van der Waals surface area contributed by atoms with E-state index in [0.29, 0.717) is 87.0 Å². The summed E-state index contributed by atoms with van der Waals surface area (Å²) in [6, 6.07) is 49.9. The maximum Gasteiger partial charge on any atom is 0.524 e. The number of likely N-dealkylation sites (tertiary alicyclic amines) is 1. The van der Waals surface area contributed by atoms with Crippen molar-refractivity contribution in [2.75, 3.05) is 26.3 Å². The van der Waals surface area contributed by atoms with Gasteiger partial charge in [-0.15, -0.1) is 34.0 Å². The van der Waals surface area contributed by atoms with Gasteiger partial charge in [0.1, 0.15) is 55.2 Å². The fraction of sp³-hybridized carbons (Fsp3) is 0.289. The van der Waals surface area contributed by atoms with E-state index >= 15 is 0 Å². The summed E-state index contributed by atoms with van der Waals surface area (Å²) in [7, 11) is -4.72. The Morgan fingerprint density at radius 3 is 1.25 bits per heavy atom. The number of phenolic OH excluding ortho intramolecular Hbond substituents is 1. The molecule has 9 aromatic carbocycles. The van der Waals surface area contributed by atoms with Crippen molar-refractivity contribution >= 4 is 95.4 Å². The SMILES string of the molecule is CCCCCc1ccc(Oc2c(C(=O)c3c(C)cc(C)cc3C)sc3cc(C(=O)O)ccc23)cc1.CCCCCc1ccc(Oc2c(C(=O)c3c(C)cc(C)cc3C)sc3cc(OP(=O)(O)O)ccc23)cc1.Cc1cc(C)c(C(=O)c2sc3cc(O)ccc3c2Oc2ccc(O[C@H]3CCN(CCCF)C3)cc2)c(C)c1. The topological polar surface area (TPSA) is 216 Å². The summed E-state index contributed by atoms with van der Waals surface area (Å²) in [5, 5.41) is 21.7. The van der Waals surface area contributed by atoms with Gasteiger partial charge in [-0.1, -0.05) is 117 Å². The molecule has 1 fully saturated rings. The molecule has 0 saturated carbocycles. The van der Waals surface area contributed by atoms with E-state index in [0.717, 1.165) is 123 Å². The quantitative estimate of drug-likeness (QED) is 0.0204. The van der Waals surface area contributed by atoms with Crippen LogP contribution in [0, 0.1) is 62.3 Å². The molecule has 0 amide bonds. The van der Waals surface area contributed by atoms with Gasteiger partial charge in [-0.3, -0.25) is 33.5 Å². The normalized spacial score (nSPS) is 12.9. The number of hydrogen-bond donors (Lipinski definition) is 4. The van der Waals surface area contributed by atoms with Gasteiger partial charge < -0.3 is 33.7 Å². The Balaban J connectivity index is 0.000000164. The lowest BCUT2D eigenvalue weighted by Crippen LogP contribution is -2.26. The van der Waals surface area contributed by atoms with Crippen molar-refractivity contribution in [3.05, 3.63) is 262 Å². The Hall–Kier alpha value is -9.82. The lowest BCUT2D eigenvalue weighted by molar-refractivity contribution is 0.0696. The van der Waals surface area contributed by atoms with Gasteiger partial charge in [-0.25, -0.2) is 9.36 Å². The monoisotopic (exact) mass is 1560 g/mol. The molecule has 4 N–H and O–H groups in total. The summed E-state index contributed by atoms with van der Waals surface area (Å²) in [6.45, 7) is 24.2. The number of aromatic carboxylic acids is 1. The van der Waals surface area contributed by atoms with Gasteiger partial charge in [0.15, 0.2) is 17.2 Å². The zero-order valence-corrected chi connectivity index (χ0v) is 67.3. The summed E-state index contributed by atoms with van der Waals surface area (Å²) >= 11 is 3.82. The first-order chi connectivity index (χ1) is 52.6. The number of aromatic hydroxyl groups is 1. The fourth-order valence-electron chi connectivity index (χ4n) is 14.3. The summed E-state index contributed by atoms with van der Waals surface area (Å²) in [5.74, 6) is 2.80. The molecule has 1 saturated heterocycles. The molecular weight excluding hydrogens is 1470 g/mol. The number of alkyl halides is 1. The van der Waals surface area contributed by atoms with Gasteiger partial charge in [0.05, 0.1) is 12.2 Å². The maximum atomic E-state index is 13.9. The van der Waals surface area contributed by atoms with E-state index in [-0.39, 0.29) is 47.2 Å². The number of rotatable bonds is 28. The van der Waals surface area contributed by atoms with Crippen LogP contribution in [0.15, 0.2) is 164 Å². The predicted molar refractivity (Wildman–Crippen MR) is 441 cm³/mol. The van der Waals surface area contributed by atoms with Crippen LogP contribution in [0.5, 0.6) is 51.7 Å². The highest BCUT2D eigenvalue weighted by Crippen LogP contribution is 2.48. The molecule has 13 rings (SSSR count). The average Bonchev–Trinajstić information content (AvgIpc) is 1.62. The molecule has 0 radical (unpaired) electrons. The number of ketones is 3. The van der Waals surface area contributed by atoms with Crippen molar-refractivity contribution in [1.82, 2.24) is 4.90 Å². The molecule has 3 aromatic heterocycles. The van der Waals surface area contributed by atoms with Gasteiger partial charge >= 0.3 is 13.8 Å². The molecule has 20 heteroatoms. The molecule has 4 heterocycles. The van der Waals surface area contributed by atoms with Gasteiger partial charge in [-0.2, -0.15) is 0 Å². The number of carboxylic acids is 1. The Morgan fingerprint density at radius 1 is 0.473 bits per heavy atom. The number of phosphoric ester groups is 1. The number of fused-ring (bicyclic) bond motifs is 3. The van der Waals surface area contributed by atoms with Crippen LogP contribution < -0.4 is 23.5 Å². The van der Waals surface area contributed by atoms with E-state index in [4.69, 9.17) is 23.5 Å². The highest BCUT2D eigenvalue weighted by molar-refractivity contribution is 7.46. The number of phosphoric acid groups is 1. The van der Waals surface area contributed by atoms with E-state index in [1.54, 1.807) is 42.5 Å². The zero-order valence-electron chi connectivity index (χ0n) is 63.9. The van der Waals surface area contributed by atoms with Crippen molar-refractivity contribution in [3.63, 3.8) is 0 Å². The second kappa shape index (κ2) is 36.3. The van der Waals surface area contributed by atoms with E-state index in [2.05, 4.69) is 30.9 Å². The highest BCUT2D eigenvalue weighted by atomic mass is 32.1. The third-order valence-electron chi connectivity index (χ3n) is 19.3.